The number of hydrogen-bond donors (Lipinski definition) is 0. The van der Waals surface area contributed by atoms with Crippen molar-refractivity contribution < 1.29 is 18.6 Å². The molecule has 0 bridgehead atoms. The normalized spacial score (nSPS) is 11.1. The standard InChI is InChI=1S/C17H24N2O4/c1-20-10-8-19(9-11-21-2)12-15-13-23-17(18-15)14-4-6-16(22-3)7-5-14/h4-7,13H,8-12H2,1-3H3. The summed E-state index contributed by atoms with van der Waals surface area (Å²) in [5.74, 6) is 1.42. The largest absolute Gasteiger partial charge is 0.497 e. The lowest BCUT2D eigenvalue weighted by molar-refractivity contribution is 0.109. The summed E-state index contributed by atoms with van der Waals surface area (Å²) in [6.07, 6.45) is 1.70. The lowest BCUT2D eigenvalue weighted by Crippen LogP contribution is -2.30. The maximum atomic E-state index is 5.59. The average molecular weight is 320 g/mol. The number of aromatic nitrogens is 1. The highest BCUT2D eigenvalue weighted by Crippen LogP contribution is 2.22. The summed E-state index contributed by atoms with van der Waals surface area (Å²) >= 11 is 0. The van der Waals surface area contributed by atoms with Crippen LogP contribution in [0.5, 0.6) is 5.75 Å². The number of nitrogens with zero attached hydrogens (tertiary/aromatic N) is 2. The van der Waals surface area contributed by atoms with Gasteiger partial charge in [-0.25, -0.2) is 4.98 Å². The Morgan fingerprint density at radius 1 is 1.00 bits per heavy atom. The van der Waals surface area contributed by atoms with Gasteiger partial charge in [-0.1, -0.05) is 0 Å². The Morgan fingerprint density at radius 2 is 1.65 bits per heavy atom. The molecule has 0 atom stereocenters. The first kappa shape index (κ1) is 17.5. The zero-order valence-corrected chi connectivity index (χ0v) is 13.9. The molecule has 2 aromatic rings. The third-order valence-electron chi connectivity index (χ3n) is 3.50. The SMILES string of the molecule is COCCN(CCOC)Cc1coc(-c2ccc(OC)cc2)n1. The van der Waals surface area contributed by atoms with Crippen molar-refractivity contribution in [3.05, 3.63) is 36.2 Å². The van der Waals surface area contributed by atoms with Crippen molar-refractivity contribution in [1.29, 1.82) is 0 Å². The van der Waals surface area contributed by atoms with Crippen molar-refractivity contribution in [2.75, 3.05) is 47.6 Å². The summed E-state index contributed by atoms with van der Waals surface area (Å²) in [7, 11) is 5.05. The molecule has 126 valence electrons. The molecule has 0 fully saturated rings. The van der Waals surface area contributed by atoms with Crippen molar-refractivity contribution in [2.24, 2.45) is 0 Å². The predicted molar refractivity (Wildman–Crippen MR) is 87.5 cm³/mol. The minimum absolute atomic E-state index is 0.612. The van der Waals surface area contributed by atoms with E-state index in [2.05, 4.69) is 9.88 Å². The maximum Gasteiger partial charge on any atom is 0.226 e. The molecule has 6 nitrogen and oxygen atoms in total. The lowest BCUT2D eigenvalue weighted by Gasteiger charge is -2.20. The van der Waals surface area contributed by atoms with Gasteiger partial charge in [-0.15, -0.1) is 0 Å². The van der Waals surface area contributed by atoms with Gasteiger partial charge in [0.25, 0.3) is 0 Å². The summed E-state index contributed by atoms with van der Waals surface area (Å²) in [6, 6.07) is 7.65. The van der Waals surface area contributed by atoms with Crippen LogP contribution in [0.1, 0.15) is 5.69 Å². The minimum atomic E-state index is 0.612. The average Bonchev–Trinajstić information content (AvgIpc) is 3.06. The van der Waals surface area contributed by atoms with E-state index >= 15 is 0 Å². The molecule has 1 heterocycles. The summed E-state index contributed by atoms with van der Waals surface area (Å²) in [4.78, 5) is 6.79. The Labute approximate surface area is 137 Å². The van der Waals surface area contributed by atoms with E-state index in [1.807, 2.05) is 24.3 Å². The zero-order valence-electron chi connectivity index (χ0n) is 13.9. The summed E-state index contributed by atoms with van der Waals surface area (Å²) in [6.45, 7) is 3.70. The highest BCUT2D eigenvalue weighted by molar-refractivity contribution is 5.54. The van der Waals surface area contributed by atoms with Crippen LogP contribution in [0, 0.1) is 0 Å². The van der Waals surface area contributed by atoms with Crippen LogP contribution in [0.15, 0.2) is 34.9 Å². The van der Waals surface area contributed by atoms with E-state index in [0.717, 1.165) is 30.1 Å². The highest BCUT2D eigenvalue weighted by Gasteiger charge is 2.11. The molecule has 2 rings (SSSR count). The number of hydrogen-bond acceptors (Lipinski definition) is 6. The first-order valence-corrected chi connectivity index (χ1v) is 7.56. The van der Waals surface area contributed by atoms with Gasteiger partial charge in [0, 0.05) is 39.4 Å². The van der Waals surface area contributed by atoms with E-state index in [4.69, 9.17) is 18.6 Å². The van der Waals surface area contributed by atoms with Crippen LogP contribution in [0.2, 0.25) is 0 Å². The molecular weight excluding hydrogens is 296 g/mol. The van der Waals surface area contributed by atoms with E-state index in [9.17, 15) is 0 Å². The minimum Gasteiger partial charge on any atom is -0.497 e. The van der Waals surface area contributed by atoms with E-state index < -0.39 is 0 Å². The van der Waals surface area contributed by atoms with Gasteiger partial charge in [-0.3, -0.25) is 4.90 Å². The Bertz CT molecular complexity index is 560. The van der Waals surface area contributed by atoms with Crippen LogP contribution in [0.25, 0.3) is 11.5 Å². The highest BCUT2D eigenvalue weighted by atomic mass is 16.5. The third kappa shape index (κ3) is 5.35. The quantitative estimate of drug-likeness (QED) is 0.670. The van der Waals surface area contributed by atoms with Gasteiger partial charge in [-0.2, -0.15) is 0 Å². The molecule has 1 aromatic heterocycles. The Hall–Kier alpha value is -1.89. The summed E-state index contributed by atoms with van der Waals surface area (Å²) in [5.41, 5.74) is 1.82. The van der Waals surface area contributed by atoms with Crippen molar-refractivity contribution in [2.45, 2.75) is 6.54 Å². The zero-order chi connectivity index (χ0) is 16.5. The third-order valence-corrected chi connectivity index (χ3v) is 3.50. The number of benzene rings is 1. The van der Waals surface area contributed by atoms with Crippen molar-refractivity contribution >= 4 is 0 Å². The second-order valence-electron chi connectivity index (χ2n) is 5.13. The van der Waals surface area contributed by atoms with E-state index in [1.54, 1.807) is 27.6 Å². The predicted octanol–water partition coefficient (Wildman–Crippen LogP) is 2.45. The molecule has 0 aliphatic carbocycles. The van der Waals surface area contributed by atoms with E-state index in [1.165, 1.54) is 0 Å². The second kappa shape index (κ2) is 9.29. The molecule has 0 radical (unpaired) electrons. The van der Waals surface area contributed by atoms with Crippen LogP contribution >= 0.6 is 0 Å². The molecule has 0 N–H and O–H groups in total. The van der Waals surface area contributed by atoms with Gasteiger partial charge in [0.2, 0.25) is 5.89 Å². The van der Waals surface area contributed by atoms with E-state index in [0.29, 0.717) is 25.6 Å². The van der Waals surface area contributed by atoms with Gasteiger partial charge >= 0.3 is 0 Å². The molecule has 1 aromatic carbocycles. The first-order valence-electron chi connectivity index (χ1n) is 7.56. The van der Waals surface area contributed by atoms with Crippen molar-refractivity contribution in [1.82, 2.24) is 9.88 Å². The molecule has 6 heteroatoms. The van der Waals surface area contributed by atoms with Crippen LogP contribution in [0.3, 0.4) is 0 Å². The van der Waals surface area contributed by atoms with E-state index in [-0.39, 0.29) is 0 Å². The molecular formula is C17H24N2O4. The van der Waals surface area contributed by atoms with Gasteiger partial charge in [0.05, 0.1) is 26.0 Å². The van der Waals surface area contributed by atoms with Crippen LogP contribution in [0.4, 0.5) is 0 Å². The molecule has 0 unspecified atom stereocenters. The Balaban J connectivity index is 2.01. The second-order valence-corrected chi connectivity index (χ2v) is 5.13. The van der Waals surface area contributed by atoms with Gasteiger partial charge in [-0.05, 0) is 24.3 Å². The fourth-order valence-corrected chi connectivity index (χ4v) is 2.19. The first-order chi connectivity index (χ1) is 11.3. The van der Waals surface area contributed by atoms with Crippen molar-refractivity contribution in [3.63, 3.8) is 0 Å². The Kier molecular flexibility index (Phi) is 7.06. The van der Waals surface area contributed by atoms with Gasteiger partial charge in [0.1, 0.15) is 12.0 Å². The summed E-state index contributed by atoms with van der Waals surface area (Å²) < 4.78 is 21.0. The molecule has 0 saturated heterocycles. The molecule has 0 spiro atoms. The van der Waals surface area contributed by atoms with Crippen LogP contribution in [-0.4, -0.2) is 57.5 Å². The van der Waals surface area contributed by atoms with Crippen molar-refractivity contribution in [3.8, 4) is 17.2 Å². The molecule has 0 saturated carbocycles. The maximum absolute atomic E-state index is 5.59. The lowest BCUT2D eigenvalue weighted by atomic mass is 10.2. The molecule has 0 amide bonds. The summed E-state index contributed by atoms with van der Waals surface area (Å²) in [5, 5.41) is 0. The number of rotatable bonds is 10. The molecule has 0 aliphatic heterocycles. The number of ether oxygens (including phenoxy) is 3. The number of methoxy groups -OCH3 is 3. The van der Waals surface area contributed by atoms with Crippen LogP contribution in [-0.2, 0) is 16.0 Å². The molecule has 23 heavy (non-hydrogen) atoms. The molecule has 0 aliphatic rings. The van der Waals surface area contributed by atoms with Gasteiger partial charge in [0.15, 0.2) is 0 Å². The smallest absolute Gasteiger partial charge is 0.226 e. The Morgan fingerprint density at radius 3 is 2.22 bits per heavy atom. The van der Waals surface area contributed by atoms with Gasteiger partial charge < -0.3 is 18.6 Å². The topological polar surface area (TPSA) is 57.0 Å². The monoisotopic (exact) mass is 320 g/mol. The fraction of sp³-hybridized carbons (Fsp3) is 0.471. The van der Waals surface area contributed by atoms with Crippen LogP contribution < -0.4 is 4.74 Å². The number of oxazole rings is 1. The fourth-order valence-electron chi connectivity index (χ4n) is 2.19.